The van der Waals surface area contributed by atoms with Gasteiger partial charge in [0.05, 0.1) is 6.07 Å². The zero-order chi connectivity index (χ0) is 13.4. The number of nitrogens with zero attached hydrogens (tertiary/aromatic N) is 2. The number of carbonyl (C=O) groups is 1. The van der Waals surface area contributed by atoms with E-state index in [9.17, 15) is 14.9 Å². The molecule has 3 rings (SSSR count). The average Bonchev–Trinajstić information content (AvgIpc) is 2.91. The van der Waals surface area contributed by atoms with Crippen molar-refractivity contribution in [3.05, 3.63) is 28.0 Å². The summed E-state index contributed by atoms with van der Waals surface area (Å²) >= 11 is 0. The van der Waals surface area contributed by atoms with Gasteiger partial charge in [0, 0.05) is 12.1 Å². The molecule has 6 heteroatoms. The van der Waals surface area contributed by atoms with Crippen LogP contribution in [0.2, 0.25) is 0 Å². The van der Waals surface area contributed by atoms with Crippen molar-refractivity contribution >= 4 is 11.8 Å². The van der Waals surface area contributed by atoms with Gasteiger partial charge < -0.3 is 9.32 Å². The van der Waals surface area contributed by atoms with E-state index in [1.54, 1.807) is 0 Å². The van der Waals surface area contributed by atoms with Crippen molar-refractivity contribution in [1.29, 1.82) is 0 Å². The molecule has 0 aliphatic heterocycles. The number of nitro groups is 1. The molecule has 2 fully saturated rings. The van der Waals surface area contributed by atoms with E-state index in [1.165, 1.54) is 12.1 Å². The molecule has 2 aliphatic carbocycles. The van der Waals surface area contributed by atoms with Crippen LogP contribution in [0.25, 0.3) is 0 Å². The Morgan fingerprint density at radius 3 is 2.37 bits per heavy atom. The topological polar surface area (TPSA) is 76.6 Å². The Bertz CT molecular complexity index is 500. The quantitative estimate of drug-likeness (QED) is 0.618. The summed E-state index contributed by atoms with van der Waals surface area (Å²) in [6.07, 6.45) is 6.44. The van der Waals surface area contributed by atoms with Gasteiger partial charge in [-0.1, -0.05) is 12.8 Å². The maximum absolute atomic E-state index is 12.5. The zero-order valence-electron chi connectivity index (χ0n) is 10.6. The van der Waals surface area contributed by atoms with Crippen LogP contribution >= 0.6 is 0 Å². The van der Waals surface area contributed by atoms with Gasteiger partial charge in [0.2, 0.25) is 0 Å². The van der Waals surface area contributed by atoms with Crippen LogP contribution in [0, 0.1) is 10.1 Å². The maximum atomic E-state index is 12.5. The lowest BCUT2D eigenvalue weighted by molar-refractivity contribution is -0.402. The Balaban J connectivity index is 1.80. The van der Waals surface area contributed by atoms with Crippen molar-refractivity contribution < 1.29 is 14.1 Å². The van der Waals surface area contributed by atoms with E-state index < -0.39 is 4.92 Å². The van der Waals surface area contributed by atoms with Gasteiger partial charge in [-0.25, -0.2) is 0 Å². The van der Waals surface area contributed by atoms with E-state index in [4.69, 9.17) is 4.42 Å². The van der Waals surface area contributed by atoms with Gasteiger partial charge in [0.1, 0.15) is 4.92 Å². The molecule has 0 bridgehead atoms. The van der Waals surface area contributed by atoms with Gasteiger partial charge in [-0.2, -0.15) is 0 Å². The van der Waals surface area contributed by atoms with Crippen LogP contribution in [0.3, 0.4) is 0 Å². The lowest BCUT2D eigenvalue weighted by atomic mass is 10.2. The molecule has 19 heavy (non-hydrogen) atoms. The standard InChI is InChI=1S/C13H16N2O4/c16-13(11-7-8-12(19-11)15(17)18)14(10-5-6-10)9-3-1-2-4-9/h7-10H,1-6H2. The molecule has 2 saturated carbocycles. The summed E-state index contributed by atoms with van der Waals surface area (Å²) in [5, 5.41) is 10.6. The zero-order valence-corrected chi connectivity index (χ0v) is 10.6. The first-order chi connectivity index (χ1) is 9.16. The summed E-state index contributed by atoms with van der Waals surface area (Å²) in [5.74, 6) is -0.474. The monoisotopic (exact) mass is 264 g/mol. The van der Waals surface area contributed by atoms with Crippen molar-refractivity contribution in [2.75, 3.05) is 0 Å². The van der Waals surface area contributed by atoms with Gasteiger partial charge in [0.15, 0.2) is 5.76 Å². The molecule has 6 nitrogen and oxygen atoms in total. The number of hydrogen-bond donors (Lipinski definition) is 0. The minimum absolute atomic E-state index is 0.0884. The molecule has 0 N–H and O–H groups in total. The SMILES string of the molecule is O=C(c1ccc([N+](=O)[O-])o1)N(C1CCCC1)C1CC1. The lowest BCUT2D eigenvalue weighted by Crippen LogP contribution is -2.40. The molecule has 0 spiro atoms. The Morgan fingerprint density at radius 2 is 1.84 bits per heavy atom. The van der Waals surface area contributed by atoms with Crippen molar-refractivity contribution in [2.45, 2.75) is 50.6 Å². The summed E-state index contributed by atoms with van der Waals surface area (Å²) in [5.41, 5.74) is 0. The van der Waals surface area contributed by atoms with Gasteiger partial charge in [-0.05, 0) is 31.7 Å². The second-order valence-corrected chi connectivity index (χ2v) is 5.28. The highest BCUT2D eigenvalue weighted by atomic mass is 16.6. The second kappa shape index (κ2) is 4.68. The van der Waals surface area contributed by atoms with E-state index in [0.717, 1.165) is 38.5 Å². The van der Waals surface area contributed by atoms with Crippen molar-refractivity contribution in [2.24, 2.45) is 0 Å². The number of amides is 1. The van der Waals surface area contributed by atoms with Gasteiger partial charge >= 0.3 is 5.88 Å². The fourth-order valence-corrected chi connectivity index (χ4v) is 2.83. The minimum Gasteiger partial charge on any atom is -0.395 e. The predicted octanol–water partition coefficient (Wildman–Crippen LogP) is 2.74. The van der Waals surface area contributed by atoms with E-state index >= 15 is 0 Å². The second-order valence-electron chi connectivity index (χ2n) is 5.28. The molecule has 102 valence electrons. The van der Waals surface area contributed by atoms with Gasteiger partial charge in [0.25, 0.3) is 5.91 Å². The Kier molecular flexibility index (Phi) is 3.00. The maximum Gasteiger partial charge on any atom is 0.433 e. The summed E-state index contributed by atoms with van der Waals surface area (Å²) in [6.45, 7) is 0. The van der Waals surface area contributed by atoms with Gasteiger partial charge in [-0.3, -0.25) is 14.9 Å². The molecule has 1 heterocycles. The number of furan rings is 1. The van der Waals surface area contributed by atoms with Crippen LogP contribution in [0.1, 0.15) is 49.1 Å². The molecule has 1 amide bonds. The van der Waals surface area contributed by atoms with Gasteiger partial charge in [-0.15, -0.1) is 0 Å². The summed E-state index contributed by atoms with van der Waals surface area (Å²) < 4.78 is 5.04. The number of hydrogen-bond acceptors (Lipinski definition) is 4. The summed E-state index contributed by atoms with van der Waals surface area (Å²) in [7, 11) is 0. The Hall–Kier alpha value is -1.85. The normalized spacial score (nSPS) is 19.6. The molecule has 0 unspecified atom stereocenters. The molecule has 2 aliphatic rings. The van der Waals surface area contributed by atoms with Crippen LogP contribution < -0.4 is 0 Å². The van der Waals surface area contributed by atoms with E-state index in [0.29, 0.717) is 6.04 Å². The molecule has 0 atom stereocenters. The molecule has 0 radical (unpaired) electrons. The first kappa shape index (κ1) is 12.2. The molecule has 0 saturated heterocycles. The highest BCUT2D eigenvalue weighted by molar-refractivity contribution is 5.92. The first-order valence-corrected chi connectivity index (χ1v) is 6.73. The first-order valence-electron chi connectivity index (χ1n) is 6.73. The fraction of sp³-hybridized carbons (Fsp3) is 0.615. The van der Waals surface area contributed by atoms with Crippen LogP contribution in [-0.4, -0.2) is 27.8 Å². The number of rotatable bonds is 4. The summed E-state index contributed by atoms with van der Waals surface area (Å²) in [6, 6.07) is 3.24. The van der Waals surface area contributed by atoms with Crippen LogP contribution in [0.15, 0.2) is 16.5 Å². The van der Waals surface area contributed by atoms with E-state index in [2.05, 4.69) is 0 Å². The fourth-order valence-electron chi connectivity index (χ4n) is 2.83. The van der Waals surface area contributed by atoms with Crippen molar-refractivity contribution in [1.82, 2.24) is 4.90 Å². The Labute approximate surface area is 110 Å². The predicted molar refractivity (Wildman–Crippen MR) is 66.8 cm³/mol. The van der Waals surface area contributed by atoms with E-state index in [-0.39, 0.29) is 23.6 Å². The lowest BCUT2D eigenvalue weighted by Gasteiger charge is -2.28. The van der Waals surface area contributed by atoms with Crippen molar-refractivity contribution in [3.8, 4) is 0 Å². The smallest absolute Gasteiger partial charge is 0.395 e. The van der Waals surface area contributed by atoms with Crippen molar-refractivity contribution in [3.63, 3.8) is 0 Å². The third-order valence-electron chi connectivity index (χ3n) is 3.88. The summed E-state index contributed by atoms with van der Waals surface area (Å²) in [4.78, 5) is 24.3. The third-order valence-corrected chi connectivity index (χ3v) is 3.88. The Morgan fingerprint density at radius 1 is 1.21 bits per heavy atom. The van der Waals surface area contributed by atoms with E-state index in [1.807, 2.05) is 4.90 Å². The molecule has 1 aromatic rings. The van der Waals surface area contributed by atoms with Crippen LogP contribution in [-0.2, 0) is 0 Å². The third kappa shape index (κ3) is 2.34. The van der Waals surface area contributed by atoms with Crippen LogP contribution in [0.5, 0.6) is 0 Å². The minimum atomic E-state index is -0.617. The molecular formula is C13H16N2O4. The number of carbonyl (C=O) groups excluding carboxylic acids is 1. The van der Waals surface area contributed by atoms with Crippen LogP contribution in [0.4, 0.5) is 5.88 Å². The largest absolute Gasteiger partial charge is 0.433 e. The highest BCUT2D eigenvalue weighted by Gasteiger charge is 2.40. The average molecular weight is 264 g/mol. The molecule has 0 aromatic carbocycles. The highest BCUT2D eigenvalue weighted by Crippen LogP contribution is 2.36. The molecule has 1 aromatic heterocycles. The molecular weight excluding hydrogens is 248 g/mol.